The van der Waals surface area contributed by atoms with Gasteiger partial charge in [0.2, 0.25) is 5.89 Å². The molecule has 0 saturated heterocycles. The van der Waals surface area contributed by atoms with E-state index in [1.807, 2.05) is 35.9 Å². The fraction of sp³-hybridized carbons (Fsp3) is 0.154. The van der Waals surface area contributed by atoms with Crippen molar-refractivity contribution in [1.29, 1.82) is 0 Å². The average molecular weight is 307 g/mol. The summed E-state index contributed by atoms with van der Waals surface area (Å²) in [4.78, 5) is 4.45. The highest BCUT2D eigenvalue weighted by Crippen LogP contribution is 2.24. The van der Waals surface area contributed by atoms with Gasteiger partial charge in [0.25, 0.3) is 0 Å². The second-order valence-electron chi connectivity index (χ2n) is 4.16. The van der Waals surface area contributed by atoms with Crippen LogP contribution in [0.25, 0.3) is 11.5 Å². The molecule has 0 saturated carbocycles. The molecule has 2 heterocycles. The maximum absolute atomic E-state index is 5.86. The Balaban J connectivity index is 1.71. The molecule has 0 spiro atoms. The van der Waals surface area contributed by atoms with Crippen molar-refractivity contribution in [2.75, 3.05) is 0 Å². The standard InChI is InChI=1S/C13H11ClN4OS/c1-18-8-15-17-13(18)20-7-11-6-19-12(16-11)9-2-4-10(14)5-3-9/h2-6,8H,7H2,1H3. The molecule has 0 atom stereocenters. The van der Waals surface area contributed by atoms with Crippen LogP contribution in [-0.4, -0.2) is 19.7 Å². The lowest BCUT2D eigenvalue weighted by Gasteiger charge is -1.97. The van der Waals surface area contributed by atoms with Crippen LogP contribution in [0.5, 0.6) is 0 Å². The van der Waals surface area contributed by atoms with Crippen LogP contribution in [-0.2, 0) is 12.8 Å². The first-order chi connectivity index (χ1) is 9.72. The number of nitrogens with zero attached hydrogens (tertiary/aromatic N) is 4. The monoisotopic (exact) mass is 306 g/mol. The molecule has 0 unspecified atom stereocenters. The van der Waals surface area contributed by atoms with Gasteiger partial charge in [0, 0.05) is 23.4 Å². The number of oxazole rings is 1. The molecular formula is C13H11ClN4OS. The van der Waals surface area contributed by atoms with E-state index in [0.717, 1.165) is 16.4 Å². The van der Waals surface area contributed by atoms with Gasteiger partial charge in [0.1, 0.15) is 12.6 Å². The molecule has 20 heavy (non-hydrogen) atoms. The molecule has 0 aliphatic heterocycles. The molecule has 0 aliphatic carbocycles. The van der Waals surface area contributed by atoms with Gasteiger partial charge in [-0.25, -0.2) is 4.98 Å². The van der Waals surface area contributed by atoms with Crippen molar-refractivity contribution in [3.63, 3.8) is 0 Å². The number of benzene rings is 1. The molecule has 5 nitrogen and oxygen atoms in total. The highest BCUT2D eigenvalue weighted by atomic mass is 35.5. The van der Waals surface area contributed by atoms with Crippen molar-refractivity contribution in [1.82, 2.24) is 19.7 Å². The summed E-state index contributed by atoms with van der Waals surface area (Å²) in [6.07, 6.45) is 3.33. The molecule has 102 valence electrons. The highest BCUT2D eigenvalue weighted by Gasteiger charge is 2.08. The minimum absolute atomic E-state index is 0.593. The SMILES string of the molecule is Cn1cnnc1SCc1coc(-c2ccc(Cl)cc2)n1. The first-order valence-electron chi connectivity index (χ1n) is 5.89. The van der Waals surface area contributed by atoms with Crippen LogP contribution in [0.15, 0.2) is 46.4 Å². The van der Waals surface area contributed by atoms with Gasteiger partial charge in [0.15, 0.2) is 5.16 Å². The molecule has 3 aromatic rings. The zero-order chi connectivity index (χ0) is 13.9. The van der Waals surface area contributed by atoms with Crippen molar-refractivity contribution < 1.29 is 4.42 Å². The smallest absolute Gasteiger partial charge is 0.226 e. The Kier molecular flexibility index (Phi) is 3.75. The van der Waals surface area contributed by atoms with Gasteiger partial charge < -0.3 is 8.98 Å². The van der Waals surface area contributed by atoms with Gasteiger partial charge in [-0.15, -0.1) is 10.2 Å². The summed E-state index contributed by atoms with van der Waals surface area (Å²) in [5, 5.41) is 9.38. The quantitative estimate of drug-likeness (QED) is 0.691. The van der Waals surface area contributed by atoms with Gasteiger partial charge in [0.05, 0.1) is 5.69 Å². The average Bonchev–Trinajstić information content (AvgIpc) is 3.06. The molecular weight excluding hydrogens is 296 g/mol. The third kappa shape index (κ3) is 2.86. The fourth-order valence-electron chi connectivity index (χ4n) is 1.64. The second kappa shape index (κ2) is 5.68. The number of thioether (sulfide) groups is 1. The molecule has 3 rings (SSSR count). The van der Waals surface area contributed by atoms with Gasteiger partial charge in [-0.2, -0.15) is 0 Å². The maximum Gasteiger partial charge on any atom is 0.226 e. The first kappa shape index (κ1) is 13.2. The zero-order valence-corrected chi connectivity index (χ0v) is 12.2. The van der Waals surface area contributed by atoms with E-state index in [2.05, 4.69) is 15.2 Å². The van der Waals surface area contributed by atoms with Gasteiger partial charge in [-0.3, -0.25) is 0 Å². The lowest BCUT2D eigenvalue weighted by Crippen LogP contribution is -1.90. The van der Waals surface area contributed by atoms with E-state index in [9.17, 15) is 0 Å². The van der Waals surface area contributed by atoms with Crippen LogP contribution >= 0.6 is 23.4 Å². The van der Waals surface area contributed by atoms with E-state index in [1.165, 1.54) is 0 Å². The molecule has 0 radical (unpaired) electrons. The number of aryl methyl sites for hydroxylation is 1. The largest absolute Gasteiger partial charge is 0.444 e. The van der Waals surface area contributed by atoms with Crippen LogP contribution in [0.4, 0.5) is 0 Å². The molecule has 0 fully saturated rings. The third-order valence-electron chi connectivity index (χ3n) is 2.66. The van der Waals surface area contributed by atoms with E-state index < -0.39 is 0 Å². The summed E-state index contributed by atoms with van der Waals surface area (Å²) < 4.78 is 7.35. The Hall–Kier alpha value is -1.79. The van der Waals surface area contributed by atoms with Crippen molar-refractivity contribution in [2.24, 2.45) is 7.05 Å². The molecule has 1 aromatic carbocycles. The second-order valence-corrected chi connectivity index (χ2v) is 5.54. The summed E-state index contributed by atoms with van der Waals surface area (Å²) in [6, 6.07) is 7.39. The number of rotatable bonds is 4. The molecule has 7 heteroatoms. The fourth-order valence-corrected chi connectivity index (χ4v) is 2.53. The molecule has 2 aromatic heterocycles. The van der Waals surface area contributed by atoms with E-state index in [1.54, 1.807) is 24.4 Å². The summed E-state index contributed by atoms with van der Waals surface area (Å²) in [5.74, 6) is 1.28. The highest BCUT2D eigenvalue weighted by molar-refractivity contribution is 7.98. The molecule has 0 aliphatic rings. The Morgan fingerprint density at radius 3 is 2.80 bits per heavy atom. The van der Waals surface area contributed by atoms with E-state index >= 15 is 0 Å². The van der Waals surface area contributed by atoms with Crippen LogP contribution in [0, 0.1) is 0 Å². The lowest BCUT2D eigenvalue weighted by molar-refractivity contribution is 0.573. The zero-order valence-electron chi connectivity index (χ0n) is 10.7. The van der Waals surface area contributed by atoms with Crippen molar-refractivity contribution in [2.45, 2.75) is 10.9 Å². The molecule has 0 N–H and O–H groups in total. The van der Waals surface area contributed by atoms with E-state index in [0.29, 0.717) is 16.7 Å². The van der Waals surface area contributed by atoms with Gasteiger partial charge >= 0.3 is 0 Å². The van der Waals surface area contributed by atoms with E-state index in [4.69, 9.17) is 16.0 Å². The van der Waals surface area contributed by atoms with Gasteiger partial charge in [-0.05, 0) is 24.3 Å². The molecule has 0 amide bonds. The molecule has 0 bridgehead atoms. The predicted octanol–water partition coefficient (Wildman–Crippen LogP) is 3.42. The minimum atomic E-state index is 0.593. The number of hydrogen-bond acceptors (Lipinski definition) is 5. The Bertz CT molecular complexity index is 707. The van der Waals surface area contributed by atoms with Gasteiger partial charge in [-0.1, -0.05) is 23.4 Å². The summed E-state index contributed by atoms with van der Waals surface area (Å²) in [6.45, 7) is 0. The minimum Gasteiger partial charge on any atom is -0.444 e. The van der Waals surface area contributed by atoms with Crippen LogP contribution < -0.4 is 0 Å². The Morgan fingerprint density at radius 1 is 1.30 bits per heavy atom. The maximum atomic E-state index is 5.86. The predicted molar refractivity (Wildman–Crippen MR) is 77.5 cm³/mol. The van der Waals surface area contributed by atoms with Crippen molar-refractivity contribution >= 4 is 23.4 Å². The van der Waals surface area contributed by atoms with Crippen molar-refractivity contribution in [3.8, 4) is 11.5 Å². The Labute approximate surface area is 125 Å². The summed E-state index contributed by atoms with van der Waals surface area (Å²) in [5.41, 5.74) is 1.77. The number of halogens is 1. The summed E-state index contributed by atoms with van der Waals surface area (Å²) >= 11 is 7.42. The van der Waals surface area contributed by atoms with Crippen LogP contribution in [0.1, 0.15) is 5.69 Å². The van der Waals surface area contributed by atoms with Crippen LogP contribution in [0.2, 0.25) is 5.02 Å². The third-order valence-corrected chi connectivity index (χ3v) is 3.98. The van der Waals surface area contributed by atoms with Crippen molar-refractivity contribution in [3.05, 3.63) is 47.6 Å². The number of hydrogen-bond donors (Lipinski definition) is 0. The topological polar surface area (TPSA) is 56.7 Å². The summed E-state index contributed by atoms with van der Waals surface area (Å²) in [7, 11) is 1.91. The normalized spacial score (nSPS) is 10.9. The van der Waals surface area contributed by atoms with E-state index in [-0.39, 0.29) is 0 Å². The number of aromatic nitrogens is 4. The Morgan fingerprint density at radius 2 is 2.10 bits per heavy atom. The lowest BCUT2D eigenvalue weighted by atomic mass is 10.2. The van der Waals surface area contributed by atoms with Crippen LogP contribution in [0.3, 0.4) is 0 Å². The first-order valence-corrected chi connectivity index (χ1v) is 7.26.